The maximum atomic E-state index is 13.9. The van der Waals surface area contributed by atoms with Crippen molar-refractivity contribution in [3.05, 3.63) is 100 Å². The Balaban J connectivity index is 1.95. The lowest BCUT2D eigenvalue weighted by molar-refractivity contribution is 0.104. The quantitative estimate of drug-likeness (QED) is 0.434. The van der Waals surface area contributed by atoms with Crippen LogP contribution < -0.4 is 5.56 Å². The molecule has 0 saturated heterocycles. The summed E-state index contributed by atoms with van der Waals surface area (Å²) in [5.41, 5.74) is 1.41. The van der Waals surface area contributed by atoms with E-state index >= 15 is 0 Å². The van der Waals surface area contributed by atoms with Gasteiger partial charge in [0.1, 0.15) is 5.82 Å². The van der Waals surface area contributed by atoms with Crippen molar-refractivity contribution in [1.82, 2.24) is 15.2 Å². The van der Waals surface area contributed by atoms with Gasteiger partial charge in [0.25, 0.3) is 5.56 Å². The number of carbonyl (C=O) groups is 1. The molecule has 0 amide bonds. The molecule has 28 heavy (non-hydrogen) atoms. The van der Waals surface area contributed by atoms with Crippen molar-refractivity contribution in [2.24, 2.45) is 0 Å². The van der Waals surface area contributed by atoms with E-state index in [-0.39, 0.29) is 5.56 Å². The van der Waals surface area contributed by atoms with Crippen LogP contribution in [0.4, 0.5) is 4.39 Å². The zero-order chi connectivity index (χ0) is 19.5. The highest BCUT2D eigenvalue weighted by Crippen LogP contribution is 2.30. The number of aromatic amines is 1. The van der Waals surface area contributed by atoms with Crippen LogP contribution in [0.1, 0.15) is 16.1 Å². The van der Waals surface area contributed by atoms with Gasteiger partial charge in [-0.2, -0.15) is 10.2 Å². The number of H-pyrrole nitrogens is 1. The minimum Gasteiger partial charge on any atom is -0.321 e. The van der Waals surface area contributed by atoms with E-state index in [9.17, 15) is 14.0 Å². The zero-order valence-corrected chi connectivity index (χ0v) is 14.6. The lowest BCUT2D eigenvalue weighted by Crippen LogP contribution is -2.18. The second-order valence-corrected chi connectivity index (χ2v) is 6.11. The molecule has 0 fully saturated rings. The summed E-state index contributed by atoms with van der Waals surface area (Å²) in [7, 11) is 0. The number of allylic oxidation sites excluding steroid dienone is 1. The Bertz CT molecular complexity index is 1250. The Morgan fingerprint density at radius 1 is 1.04 bits per heavy atom. The maximum absolute atomic E-state index is 13.9. The third-order valence-electron chi connectivity index (χ3n) is 4.28. The number of benzene rings is 2. The second-order valence-electron chi connectivity index (χ2n) is 6.11. The summed E-state index contributed by atoms with van der Waals surface area (Å²) in [6.45, 7) is 0. The van der Waals surface area contributed by atoms with Crippen molar-refractivity contribution in [3.63, 3.8) is 0 Å². The van der Waals surface area contributed by atoms with Crippen molar-refractivity contribution in [1.29, 1.82) is 0 Å². The lowest BCUT2D eigenvalue weighted by Gasteiger charge is -2.11. The van der Waals surface area contributed by atoms with Gasteiger partial charge in [-0.25, -0.2) is 4.39 Å². The first-order valence-corrected chi connectivity index (χ1v) is 8.54. The summed E-state index contributed by atoms with van der Waals surface area (Å²) in [5.74, 6) is -0.956. The van der Waals surface area contributed by atoms with Crippen molar-refractivity contribution in [2.75, 3.05) is 0 Å². The van der Waals surface area contributed by atoms with Crippen LogP contribution in [0, 0.1) is 5.82 Å². The van der Waals surface area contributed by atoms with Crippen molar-refractivity contribution < 1.29 is 9.18 Å². The minimum absolute atomic E-state index is 0.0514. The number of nitrogens with zero attached hydrogens (tertiary/aromatic N) is 2. The van der Waals surface area contributed by atoms with E-state index in [0.29, 0.717) is 27.7 Å². The third-order valence-corrected chi connectivity index (χ3v) is 4.28. The monoisotopic (exact) mass is 371 g/mol. The van der Waals surface area contributed by atoms with E-state index in [1.807, 2.05) is 6.07 Å². The molecule has 0 atom stereocenters. The summed E-state index contributed by atoms with van der Waals surface area (Å²) in [5, 5.41) is 8.09. The van der Waals surface area contributed by atoms with Crippen LogP contribution in [0.2, 0.25) is 0 Å². The molecule has 0 spiro atoms. The predicted octanol–water partition coefficient (Wildman–Crippen LogP) is 4.02. The van der Waals surface area contributed by atoms with Crippen LogP contribution in [0.5, 0.6) is 0 Å². The highest BCUT2D eigenvalue weighted by atomic mass is 19.1. The van der Waals surface area contributed by atoms with Gasteiger partial charge in [-0.15, -0.1) is 0 Å². The van der Waals surface area contributed by atoms with Crippen LogP contribution in [-0.4, -0.2) is 21.0 Å². The summed E-state index contributed by atoms with van der Waals surface area (Å²) in [4.78, 5) is 28.3. The third kappa shape index (κ3) is 3.35. The van der Waals surface area contributed by atoms with Crippen LogP contribution in [0.25, 0.3) is 28.1 Å². The topological polar surface area (TPSA) is 75.7 Å². The molecule has 2 heterocycles. The molecule has 0 aliphatic carbocycles. The predicted molar refractivity (Wildman–Crippen MR) is 105 cm³/mol. The minimum atomic E-state index is -0.535. The summed E-state index contributed by atoms with van der Waals surface area (Å²) >= 11 is 0. The Kier molecular flexibility index (Phi) is 4.60. The molecule has 1 N–H and O–H groups in total. The molecule has 0 aliphatic rings. The van der Waals surface area contributed by atoms with E-state index in [1.54, 1.807) is 36.4 Å². The Hall–Kier alpha value is -3.93. The van der Waals surface area contributed by atoms with Crippen molar-refractivity contribution in [2.45, 2.75) is 0 Å². The van der Waals surface area contributed by atoms with Gasteiger partial charge < -0.3 is 4.98 Å². The Morgan fingerprint density at radius 2 is 1.86 bits per heavy atom. The molecule has 136 valence electrons. The summed E-state index contributed by atoms with van der Waals surface area (Å²) in [6.07, 6.45) is 4.28. The van der Waals surface area contributed by atoms with Crippen molar-refractivity contribution in [3.8, 4) is 11.1 Å². The SMILES string of the molecule is O=C(/C=C/c1cccnn1)c1c(-c2ccccc2)c2cc(F)ccc2[nH]c1=O. The Morgan fingerprint density at radius 3 is 2.61 bits per heavy atom. The average Bonchev–Trinajstić information content (AvgIpc) is 2.73. The fourth-order valence-corrected chi connectivity index (χ4v) is 3.05. The van der Waals surface area contributed by atoms with E-state index in [1.165, 1.54) is 36.5 Å². The summed E-state index contributed by atoms with van der Waals surface area (Å²) in [6, 6.07) is 16.4. The first kappa shape index (κ1) is 17.5. The van der Waals surface area contributed by atoms with E-state index in [0.717, 1.165) is 0 Å². The van der Waals surface area contributed by atoms with Gasteiger partial charge >= 0.3 is 0 Å². The normalized spacial score (nSPS) is 11.2. The number of rotatable bonds is 4. The highest BCUT2D eigenvalue weighted by Gasteiger charge is 2.19. The van der Waals surface area contributed by atoms with Gasteiger partial charge in [-0.3, -0.25) is 9.59 Å². The number of halogens is 1. The molecular weight excluding hydrogens is 357 g/mol. The molecule has 0 bridgehead atoms. The van der Waals surface area contributed by atoms with Gasteiger partial charge in [0.2, 0.25) is 0 Å². The number of ketones is 1. The molecule has 2 aromatic carbocycles. The highest BCUT2D eigenvalue weighted by molar-refractivity contribution is 6.14. The van der Waals surface area contributed by atoms with E-state index in [2.05, 4.69) is 15.2 Å². The number of pyridine rings is 1. The van der Waals surface area contributed by atoms with Crippen LogP contribution in [0.15, 0.2) is 77.7 Å². The molecule has 0 radical (unpaired) electrons. The number of nitrogens with one attached hydrogen (secondary N) is 1. The van der Waals surface area contributed by atoms with Crippen molar-refractivity contribution >= 4 is 22.8 Å². The van der Waals surface area contributed by atoms with Crippen LogP contribution in [-0.2, 0) is 0 Å². The number of hydrogen-bond acceptors (Lipinski definition) is 4. The van der Waals surface area contributed by atoms with E-state index in [4.69, 9.17) is 0 Å². The molecule has 6 heteroatoms. The molecule has 5 nitrogen and oxygen atoms in total. The molecule has 0 aliphatic heterocycles. The maximum Gasteiger partial charge on any atom is 0.260 e. The number of carbonyl (C=O) groups excluding carboxylic acids is 1. The number of hydrogen-bond donors (Lipinski definition) is 1. The first-order valence-electron chi connectivity index (χ1n) is 8.54. The van der Waals surface area contributed by atoms with Crippen LogP contribution >= 0.6 is 0 Å². The lowest BCUT2D eigenvalue weighted by atomic mass is 9.94. The fourth-order valence-electron chi connectivity index (χ4n) is 3.05. The average molecular weight is 371 g/mol. The summed E-state index contributed by atoms with van der Waals surface area (Å²) < 4.78 is 13.9. The Labute approximate surface area is 159 Å². The zero-order valence-electron chi connectivity index (χ0n) is 14.6. The fraction of sp³-hybridized carbons (Fsp3) is 0. The van der Waals surface area contributed by atoms with Gasteiger partial charge in [0, 0.05) is 22.7 Å². The molecule has 4 aromatic rings. The molecule has 4 rings (SSSR count). The molecular formula is C22H14FN3O2. The van der Waals surface area contributed by atoms with Crippen LogP contribution in [0.3, 0.4) is 0 Å². The number of fused-ring (bicyclic) bond motifs is 1. The van der Waals surface area contributed by atoms with Gasteiger partial charge in [0.05, 0.1) is 11.3 Å². The number of aromatic nitrogens is 3. The molecule has 2 aromatic heterocycles. The smallest absolute Gasteiger partial charge is 0.260 e. The largest absolute Gasteiger partial charge is 0.321 e. The standard InChI is InChI=1S/C22H14FN3O2/c23-15-8-10-18-17(13-15)20(14-5-2-1-3-6-14)21(22(28)25-18)19(27)11-9-16-7-4-12-24-26-16/h1-13H,(H,25,28)/b11-9+. The van der Waals surface area contributed by atoms with Gasteiger partial charge in [-0.05, 0) is 48.0 Å². The van der Waals surface area contributed by atoms with E-state index < -0.39 is 17.2 Å². The molecule has 0 saturated carbocycles. The second kappa shape index (κ2) is 7.36. The first-order chi connectivity index (χ1) is 13.6. The van der Waals surface area contributed by atoms with Gasteiger partial charge in [0.15, 0.2) is 5.78 Å². The van der Waals surface area contributed by atoms with Gasteiger partial charge in [-0.1, -0.05) is 30.3 Å². The molecule has 0 unspecified atom stereocenters.